The van der Waals surface area contributed by atoms with E-state index in [1.165, 1.54) is 12.8 Å². The molecule has 1 unspecified atom stereocenters. The van der Waals surface area contributed by atoms with Crippen molar-refractivity contribution in [1.82, 2.24) is 14.7 Å². The molecule has 8 nitrogen and oxygen atoms in total. The Kier molecular flexibility index (Phi) is 3.62. The second kappa shape index (κ2) is 5.97. The number of hydrogen-bond acceptors (Lipinski definition) is 5. The molecule has 6 rings (SSSR count). The predicted octanol–water partition coefficient (Wildman–Crippen LogP) is 2.79. The van der Waals surface area contributed by atoms with Gasteiger partial charge in [0.2, 0.25) is 0 Å². The van der Waals surface area contributed by atoms with Crippen molar-refractivity contribution in [2.45, 2.75) is 56.6 Å². The fourth-order valence-corrected chi connectivity index (χ4v) is 5.86. The van der Waals surface area contributed by atoms with Gasteiger partial charge in [0.05, 0.1) is 5.60 Å². The highest BCUT2D eigenvalue weighted by Crippen LogP contribution is 2.56. The number of nitrogens with one attached hydrogen (secondary N) is 1. The minimum absolute atomic E-state index is 0.127. The molecule has 1 spiro atoms. The molecule has 2 saturated carbocycles. The summed E-state index contributed by atoms with van der Waals surface area (Å²) in [6.07, 6.45) is 10.4. The maximum Gasteiger partial charge on any atom is 0.438 e. The minimum atomic E-state index is -0.971. The number of aromatic amines is 1. The first-order valence-corrected chi connectivity index (χ1v) is 10.8. The van der Waals surface area contributed by atoms with Gasteiger partial charge in [-0.1, -0.05) is 18.2 Å². The summed E-state index contributed by atoms with van der Waals surface area (Å²) in [7, 11) is 0. The molecule has 2 N–H and O–H groups in total. The Labute approximate surface area is 172 Å². The van der Waals surface area contributed by atoms with Gasteiger partial charge in [0, 0.05) is 12.3 Å². The van der Waals surface area contributed by atoms with Gasteiger partial charge in [-0.25, -0.2) is 9.59 Å². The molecule has 1 saturated heterocycles. The number of H-pyrrole nitrogens is 1. The first kappa shape index (κ1) is 18.2. The van der Waals surface area contributed by atoms with Gasteiger partial charge in [-0.2, -0.15) is 0 Å². The molecule has 4 aliphatic rings. The number of carboxylic acid groups (broad SMARTS) is 1. The van der Waals surface area contributed by atoms with Gasteiger partial charge in [-0.3, -0.25) is 9.51 Å². The van der Waals surface area contributed by atoms with Gasteiger partial charge in [0.1, 0.15) is 11.2 Å². The number of rotatable bonds is 4. The van der Waals surface area contributed by atoms with Gasteiger partial charge < -0.3 is 14.4 Å². The number of aromatic carboxylic acids is 1. The average Bonchev–Trinajstić information content (AvgIpc) is 3.49. The zero-order valence-electron chi connectivity index (χ0n) is 16.9. The highest BCUT2D eigenvalue weighted by atomic mass is 16.5. The lowest BCUT2D eigenvalue weighted by Gasteiger charge is -2.35. The normalized spacial score (nSPS) is 33.4. The maximum atomic E-state index is 12.2. The van der Waals surface area contributed by atoms with Crippen LogP contribution in [0.15, 0.2) is 21.5 Å². The molecule has 3 fully saturated rings. The molecule has 2 aromatic heterocycles. The van der Waals surface area contributed by atoms with Crippen LogP contribution < -0.4 is 5.76 Å². The highest BCUT2D eigenvalue weighted by Gasteiger charge is 2.59. The summed E-state index contributed by atoms with van der Waals surface area (Å²) in [6.45, 7) is 2.86. The average molecular weight is 411 g/mol. The van der Waals surface area contributed by atoms with Gasteiger partial charge in [0.25, 0.3) is 0 Å². The van der Waals surface area contributed by atoms with E-state index in [-0.39, 0.29) is 17.2 Å². The van der Waals surface area contributed by atoms with E-state index in [1.807, 2.05) is 17.6 Å². The summed E-state index contributed by atoms with van der Waals surface area (Å²) >= 11 is 0. The Morgan fingerprint density at radius 3 is 2.80 bits per heavy atom. The Morgan fingerprint density at radius 2 is 2.17 bits per heavy atom. The van der Waals surface area contributed by atoms with Gasteiger partial charge in [-0.05, 0) is 74.0 Å². The van der Waals surface area contributed by atoms with Crippen LogP contribution in [0.3, 0.4) is 0 Å². The lowest BCUT2D eigenvalue weighted by atomic mass is 9.77. The second-order valence-corrected chi connectivity index (χ2v) is 9.57. The van der Waals surface area contributed by atoms with Crippen molar-refractivity contribution in [3.63, 3.8) is 0 Å². The Hall–Kier alpha value is -2.61. The largest absolute Gasteiger partial charge is 0.477 e. The quantitative estimate of drug-likeness (QED) is 0.800. The van der Waals surface area contributed by atoms with E-state index in [4.69, 9.17) is 9.26 Å². The van der Waals surface area contributed by atoms with Crippen molar-refractivity contribution >= 4 is 12.0 Å². The number of aromatic nitrogens is 3. The monoisotopic (exact) mass is 411 g/mol. The van der Waals surface area contributed by atoms with Gasteiger partial charge >= 0.3 is 11.7 Å². The summed E-state index contributed by atoms with van der Waals surface area (Å²) in [5.41, 5.74) is 1.65. The van der Waals surface area contributed by atoms with E-state index >= 15 is 0 Å². The number of ether oxygens (including phenoxy) is 1. The summed E-state index contributed by atoms with van der Waals surface area (Å²) in [5, 5.41) is 13.9. The van der Waals surface area contributed by atoms with Crippen LogP contribution in [0, 0.1) is 17.8 Å². The summed E-state index contributed by atoms with van der Waals surface area (Å²) in [5.74, 6) is -0.0772. The predicted molar refractivity (Wildman–Crippen MR) is 106 cm³/mol. The Balaban J connectivity index is 1.39. The Morgan fingerprint density at radius 1 is 1.37 bits per heavy atom. The molecule has 0 bridgehead atoms. The lowest BCUT2D eigenvalue weighted by Crippen LogP contribution is -2.32. The molecule has 158 valence electrons. The van der Waals surface area contributed by atoms with Crippen molar-refractivity contribution in [2.75, 3.05) is 6.61 Å². The molecule has 30 heavy (non-hydrogen) atoms. The third-order valence-electron chi connectivity index (χ3n) is 7.76. The van der Waals surface area contributed by atoms with Crippen molar-refractivity contribution in [2.24, 2.45) is 17.8 Å². The number of fused-ring (bicyclic) bond motifs is 1. The molecule has 0 radical (unpaired) electrons. The molecule has 3 heterocycles. The second-order valence-electron chi connectivity index (χ2n) is 9.57. The Bertz CT molecular complexity index is 1120. The molecule has 0 amide bonds. The van der Waals surface area contributed by atoms with Gasteiger partial charge in [-0.15, -0.1) is 0 Å². The van der Waals surface area contributed by atoms with Crippen molar-refractivity contribution < 1.29 is 19.2 Å². The first-order chi connectivity index (χ1) is 14.4. The summed E-state index contributed by atoms with van der Waals surface area (Å²) in [6, 6.07) is 1.81. The molecule has 8 heteroatoms. The maximum absolute atomic E-state index is 12.2. The van der Waals surface area contributed by atoms with E-state index in [0.29, 0.717) is 24.1 Å². The standard InChI is InChI=1S/C22H25N3O5/c1-12-10-22(12,19-23-20(28)30-24-19)25-16-3-2-13(8-15(16)9-17(25)18(26)27)14-4-7-29-21(11-14)5-6-21/h2-3,9,12-14H,4-8,10-11H2,1H3,(H,26,27)(H,23,24,28)/t12-,13?,14+,22-/m1/s1. The van der Waals surface area contributed by atoms with E-state index in [0.717, 1.165) is 37.1 Å². The number of allylic oxidation sites excluding steroid dienone is 1. The molecule has 0 aromatic carbocycles. The van der Waals surface area contributed by atoms with E-state index in [1.54, 1.807) is 0 Å². The third-order valence-corrected chi connectivity index (χ3v) is 7.76. The zero-order valence-corrected chi connectivity index (χ0v) is 16.9. The van der Waals surface area contributed by atoms with Crippen LogP contribution in [-0.2, 0) is 16.7 Å². The first-order valence-electron chi connectivity index (χ1n) is 10.8. The van der Waals surface area contributed by atoms with Gasteiger partial charge in [0.15, 0.2) is 5.82 Å². The topological polar surface area (TPSA) is 110 Å². The van der Waals surface area contributed by atoms with Crippen LogP contribution in [-0.4, -0.2) is 38.0 Å². The van der Waals surface area contributed by atoms with E-state index < -0.39 is 17.3 Å². The number of carboxylic acids is 1. The minimum Gasteiger partial charge on any atom is -0.477 e. The fourth-order valence-electron chi connectivity index (χ4n) is 5.86. The smallest absolute Gasteiger partial charge is 0.438 e. The number of nitrogens with zero attached hydrogens (tertiary/aromatic N) is 2. The van der Waals surface area contributed by atoms with Crippen LogP contribution in [0.2, 0.25) is 0 Å². The molecule has 4 atom stereocenters. The van der Waals surface area contributed by atoms with Crippen molar-refractivity contribution in [3.8, 4) is 0 Å². The number of hydrogen-bond donors (Lipinski definition) is 2. The van der Waals surface area contributed by atoms with Crippen LogP contribution in [0.4, 0.5) is 0 Å². The SMILES string of the molecule is C[C@@H]1C[C@@]1(c1noc(=O)[nH]1)n1c(C(=O)O)cc2c1C=CC([C@H]1CCOC3(CC3)C1)C2. The third kappa shape index (κ3) is 2.52. The number of carbonyl (C=O) groups is 1. The fraction of sp³-hybridized carbons (Fsp3) is 0.591. The van der Waals surface area contributed by atoms with Crippen LogP contribution in [0.5, 0.6) is 0 Å². The van der Waals surface area contributed by atoms with Crippen LogP contribution >= 0.6 is 0 Å². The molecule has 2 aromatic rings. The molecular formula is C22H25N3O5. The van der Waals surface area contributed by atoms with Crippen molar-refractivity contribution in [3.05, 3.63) is 45.5 Å². The van der Waals surface area contributed by atoms with E-state index in [9.17, 15) is 14.7 Å². The molecule has 1 aliphatic heterocycles. The molecular weight excluding hydrogens is 386 g/mol. The highest BCUT2D eigenvalue weighted by molar-refractivity contribution is 5.88. The van der Waals surface area contributed by atoms with Crippen LogP contribution in [0.1, 0.15) is 66.6 Å². The molecule has 3 aliphatic carbocycles. The van der Waals surface area contributed by atoms with Crippen molar-refractivity contribution in [1.29, 1.82) is 0 Å². The van der Waals surface area contributed by atoms with E-state index in [2.05, 4.69) is 22.3 Å². The summed E-state index contributed by atoms with van der Waals surface area (Å²) in [4.78, 5) is 26.4. The summed E-state index contributed by atoms with van der Waals surface area (Å²) < 4.78 is 12.6. The van der Waals surface area contributed by atoms with Crippen LogP contribution in [0.25, 0.3) is 6.08 Å². The lowest BCUT2D eigenvalue weighted by molar-refractivity contribution is -0.0364. The zero-order chi connectivity index (χ0) is 20.7.